The maximum atomic E-state index is 15.0. The van der Waals surface area contributed by atoms with Crippen LogP contribution in [0.5, 0.6) is 0 Å². The number of pyridine rings is 3. The van der Waals surface area contributed by atoms with Gasteiger partial charge in [-0.25, -0.2) is 9.37 Å². The van der Waals surface area contributed by atoms with Crippen LogP contribution in [0.15, 0.2) is 67.4 Å². The second-order valence-electron chi connectivity index (χ2n) is 8.16. The van der Waals surface area contributed by atoms with Crippen molar-refractivity contribution in [3.05, 3.63) is 73.2 Å². The highest BCUT2D eigenvalue weighted by Gasteiger charge is 2.18. The minimum atomic E-state index is -0.354. The highest BCUT2D eigenvalue weighted by molar-refractivity contribution is 5.97. The average molecular weight is 450 g/mol. The molecule has 0 amide bonds. The summed E-state index contributed by atoms with van der Waals surface area (Å²) in [6.45, 7) is 0. The number of nitrogens with one attached hydrogen (secondary N) is 2. The molecule has 6 rings (SSSR count). The fraction of sp³-hybridized carbons (Fsp3) is 0.0800. The first kappa shape index (κ1) is 20.0. The van der Waals surface area contributed by atoms with Crippen molar-refractivity contribution in [1.82, 2.24) is 35.1 Å². The molecule has 5 aromatic heterocycles. The van der Waals surface area contributed by atoms with Crippen molar-refractivity contribution < 1.29 is 4.39 Å². The second-order valence-corrected chi connectivity index (χ2v) is 8.16. The van der Waals surface area contributed by atoms with Gasteiger partial charge in [0.05, 0.1) is 28.6 Å². The molecule has 8 nitrogen and oxygen atoms in total. The Morgan fingerprint density at radius 2 is 1.76 bits per heavy atom. The van der Waals surface area contributed by atoms with Gasteiger partial charge in [-0.1, -0.05) is 0 Å². The first-order chi connectivity index (χ1) is 16.6. The van der Waals surface area contributed by atoms with Crippen LogP contribution in [0.1, 0.15) is 0 Å². The molecule has 6 aromatic rings. The Bertz CT molecular complexity index is 1650. The van der Waals surface area contributed by atoms with E-state index in [9.17, 15) is 0 Å². The number of benzene rings is 1. The lowest BCUT2D eigenvalue weighted by molar-refractivity contribution is 0.632. The third-order valence-corrected chi connectivity index (χ3v) is 5.76. The maximum Gasteiger partial charge on any atom is 0.159 e. The molecule has 1 aromatic carbocycles. The van der Waals surface area contributed by atoms with Crippen molar-refractivity contribution in [2.45, 2.75) is 0 Å². The summed E-state index contributed by atoms with van der Waals surface area (Å²) in [5.74, 6) is 0.213. The molecule has 5 heterocycles. The highest BCUT2D eigenvalue weighted by Crippen LogP contribution is 2.34. The molecule has 0 spiro atoms. The van der Waals surface area contributed by atoms with Gasteiger partial charge >= 0.3 is 0 Å². The van der Waals surface area contributed by atoms with Crippen LogP contribution in [0.4, 0.5) is 10.1 Å². The number of nitrogens with zero attached hydrogens (tertiary/aromatic N) is 6. The van der Waals surface area contributed by atoms with Crippen LogP contribution in [0.3, 0.4) is 0 Å². The number of H-pyrrole nitrogens is 2. The summed E-state index contributed by atoms with van der Waals surface area (Å²) in [4.78, 5) is 23.0. The van der Waals surface area contributed by atoms with E-state index in [1.165, 1.54) is 6.07 Å². The number of aromatic amines is 2. The zero-order valence-corrected chi connectivity index (χ0v) is 18.4. The SMILES string of the molecule is CN(C)c1cncc(-c2cc3c(-c4nc5c(-c6cccnc6)nccc5[nH]4)n[nH]c3cc2F)c1. The number of hydrogen-bond donors (Lipinski definition) is 2. The number of hydrogen-bond acceptors (Lipinski definition) is 6. The molecule has 0 saturated heterocycles. The van der Waals surface area contributed by atoms with Gasteiger partial charge in [-0.2, -0.15) is 5.10 Å². The van der Waals surface area contributed by atoms with Crippen LogP contribution in [-0.4, -0.2) is 49.2 Å². The van der Waals surface area contributed by atoms with Gasteiger partial charge in [0.25, 0.3) is 0 Å². The van der Waals surface area contributed by atoms with Crippen molar-refractivity contribution in [1.29, 1.82) is 0 Å². The van der Waals surface area contributed by atoms with E-state index in [0.717, 1.165) is 27.8 Å². The lowest BCUT2D eigenvalue weighted by Gasteiger charge is -2.13. The first-order valence-corrected chi connectivity index (χ1v) is 10.6. The molecular formula is C25H19FN8. The molecule has 0 aliphatic heterocycles. The van der Waals surface area contributed by atoms with Crippen LogP contribution in [0.2, 0.25) is 0 Å². The monoisotopic (exact) mass is 450 g/mol. The Morgan fingerprint density at radius 3 is 2.59 bits per heavy atom. The van der Waals surface area contributed by atoms with Crippen molar-refractivity contribution in [2.75, 3.05) is 19.0 Å². The van der Waals surface area contributed by atoms with Gasteiger partial charge in [0.1, 0.15) is 17.0 Å². The summed E-state index contributed by atoms with van der Waals surface area (Å²) in [5, 5.41) is 8.12. The predicted octanol–water partition coefficient (Wildman–Crippen LogP) is 4.83. The van der Waals surface area contributed by atoms with E-state index >= 15 is 4.39 Å². The van der Waals surface area contributed by atoms with Crippen LogP contribution >= 0.6 is 0 Å². The summed E-state index contributed by atoms with van der Waals surface area (Å²) in [7, 11) is 3.84. The summed E-state index contributed by atoms with van der Waals surface area (Å²) < 4.78 is 15.0. The maximum absolute atomic E-state index is 15.0. The van der Waals surface area contributed by atoms with Gasteiger partial charge in [0.15, 0.2) is 5.82 Å². The topological polar surface area (TPSA) is 99.3 Å². The molecule has 0 unspecified atom stereocenters. The molecule has 2 N–H and O–H groups in total. The Morgan fingerprint density at radius 1 is 0.882 bits per heavy atom. The van der Waals surface area contributed by atoms with Crippen molar-refractivity contribution in [3.8, 4) is 33.9 Å². The minimum absolute atomic E-state index is 0.354. The lowest BCUT2D eigenvalue weighted by atomic mass is 10.0. The fourth-order valence-corrected chi connectivity index (χ4v) is 4.02. The van der Waals surface area contributed by atoms with E-state index in [0.29, 0.717) is 33.7 Å². The Labute approximate surface area is 193 Å². The Hall–Kier alpha value is -4.66. The molecule has 0 fully saturated rings. The average Bonchev–Trinajstić information content (AvgIpc) is 3.47. The van der Waals surface area contributed by atoms with E-state index in [4.69, 9.17) is 4.98 Å². The zero-order valence-electron chi connectivity index (χ0n) is 18.4. The van der Waals surface area contributed by atoms with E-state index < -0.39 is 0 Å². The van der Waals surface area contributed by atoms with E-state index in [1.54, 1.807) is 37.1 Å². The summed E-state index contributed by atoms with van der Waals surface area (Å²) in [5.41, 5.74) is 6.34. The number of anilines is 1. The van der Waals surface area contributed by atoms with Crippen LogP contribution in [0.25, 0.3) is 55.8 Å². The molecule has 9 heteroatoms. The third kappa shape index (κ3) is 3.25. The lowest BCUT2D eigenvalue weighted by Crippen LogP contribution is -2.08. The summed E-state index contributed by atoms with van der Waals surface area (Å²) in [6.07, 6.45) is 8.60. The largest absolute Gasteiger partial charge is 0.376 e. The normalized spacial score (nSPS) is 11.4. The highest BCUT2D eigenvalue weighted by atomic mass is 19.1. The van der Waals surface area contributed by atoms with Crippen LogP contribution < -0.4 is 4.90 Å². The van der Waals surface area contributed by atoms with Crippen LogP contribution in [-0.2, 0) is 0 Å². The van der Waals surface area contributed by atoms with Crippen molar-refractivity contribution in [2.24, 2.45) is 0 Å². The standard InChI is InChI=1S/C25H19FN8/c1-34(2)16-8-15(12-28-13-16)17-9-18-21(10-19(17)26)32-33-23(18)25-30-20-5-7-29-22(24(20)31-25)14-4-3-6-27-11-14/h3-13H,1-2H3,(H,30,31)(H,32,33). The minimum Gasteiger partial charge on any atom is -0.376 e. The number of halogens is 1. The molecule has 0 bridgehead atoms. The number of imidazole rings is 1. The summed E-state index contributed by atoms with van der Waals surface area (Å²) >= 11 is 0. The molecule has 0 radical (unpaired) electrons. The molecule has 0 atom stereocenters. The van der Waals surface area contributed by atoms with Gasteiger partial charge in [-0.05, 0) is 30.3 Å². The zero-order chi connectivity index (χ0) is 23.2. The molecule has 34 heavy (non-hydrogen) atoms. The van der Waals surface area contributed by atoms with Gasteiger partial charge in [-0.15, -0.1) is 0 Å². The van der Waals surface area contributed by atoms with Gasteiger partial charge in [0.2, 0.25) is 0 Å². The fourth-order valence-electron chi connectivity index (χ4n) is 4.02. The van der Waals surface area contributed by atoms with E-state index in [2.05, 4.69) is 30.1 Å². The predicted molar refractivity (Wildman–Crippen MR) is 130 cm³/mol. The number of rotatable bonds is 4. The van der Waals surface area contributed by atoms with Crippen molar-refractivity contribution >= 4 is 27.6 Å². The molecule has 0 aliphatic carbocycles. The van der Waals surface area contributed by atoms with Crippen molar-refractivity contribution in [3.63, 3.8) is 0 Å². The Balaban J connectivity index is 1.51. The quantitative estimate of drug-likeness (QED) is 0.399. The van der Waals surface area contributed by atoms with E-state index in [-0.39, 0.29) is 5.82 Å². The number of aromatic nitrogens is 7. The van der Waals surface area contributed by atoms with E-state index in [1.807, 2.05) is 43.3 Å². The van der Waals surface area contributed by atoms with Gasteiger partial charge < -0.3 is 9.88 Å². The smallest absolute Gasteiger partial charge is 0.159 e. The third-order valence-electron chi connectivity index (χ3n) is 5.76. The van der Waals surface area contributed by atoms with Gasteiger partial charge in [-0.3, -0.25) is 20.1 Å². The van der Waals surface area contributed by atoms with Crippen LogP contribution in [0, 0.1) is 5.82 Å². The first-order valence-electron chi connectivity index (χ1n) is 10.6. The van der Waals surface area contributed by atoms with Gasteiger partial charge in [0, 0.05) is 67.0 Å². The Kier molecular flexibility index (Phi) is 4.54. The molecule has 0 saturated carbocycles. The summed E-state index contributed by atoms with van der Waals surface area (Å²) in [6, 6.07) is 10.8. The molecule has 166 valence electrons. The molecule has 0 aliphatic rings. The number of fused-ring (bicyclic) bond motifs is 2. The molecular weight excluding hydrogens is 431 g/mol. The second kappa shape index (κ2) is 7.73.